The van der Waals surface area contributed by atoms with Crippen LogP contribution in [0.25, 0.3) is 0 Å². The molecule has 0 amide bonds. The predicted molar refractivity (Wildman–Crippen MR) is 135 cm³/mol. The van der Waals surface area contributed by atoms with Crippen LogP contribution in [-0.4, -0.2) is 60.6 Å². The van der Waals surface area contributed by atoms with Crippen LogP contribution in [0.5, 0.6) is 5.75 Å². The van der Waals surface area contributed by atoms with E-state index in [1.54, 1.807) is 0 Å². The number of aliphatic carboxylic acids is 1. The lowest BCUT2D eigenvalue weighted by Crippen LogP contribution is -2.33. The molecule has 7 heteroatoms. The Balaban J connectivity index is 1.46. The molecule has 2 N–H and O–H groups in total. The summed E-state index contributed by atoms with van der Waals surface area (Å²) in [6.07, 6.45) is 7.78. The number of aliphatic imine (C=N–C) groups is 1. The van der Waals surface area contributed by atoms with Gasteiger partial charge < -0.3 is 19.9 Å². The summed E-state index contributed by atoms with van der Waals surface area (Å²) in [6, 6.07) is 6.68. The number of carbonyl (C=O) groups is 1. The van der Waals surface area contributed by atoms with Crippen LogP contribution in [0.3, 0.4) is 0 Å². The summed E-state index contributed by atoms with van der Waals surface area (Å²) in [7, 11) is 0. The minimum absolute atomic E-state index is 0.0490. The Morgan fingerprint density at radius 1 is 1.38 bits per heavy atom. The fraction of sp³-hybridized carbons (Fsp3) is 0.556. The number of para-hydroxylation sites is 1. The number of nitrogens with one attached hydrogen (secondary N) is 1. The Morgan fingerprint density at radius 3 is 2.94 bits per heavy atom. The highest BCUT2D eigenvalue weighted by molar-refractivity contribution is 5.95. The molecule has 0 saturated carbocycles. The average Bonchev–Trinajstić information content (AvgIpc) is 3.28. The van der Waals surface area contributed by atoms with Crippen molar-refractivity contribution in [3.63, 3.8) is 0 Å². The van der Waals surface area contributed by atoms with Crippen LogP contribution in [0.15, 0.2) is 53.3 Å². The van der Waals surface area contributed by atoms with Crippen molar-refractivity contribution in [1.82, 2.24) is 10.2 Å². The van der Waals surface area contributed by atoms with Gasteiger partial charge in [-0.05, 0) is 70.1 Å². The third-order valence-corrected chi connectivity index (χ3v) is 6.39. The summed E-state index contributed by atoms with van der Waals surface area (Å²) in [6.45, 7) is 11.4. The number of rotatable bonds is 13. The molecule has 0 spiro atoms. The van der Waals surface area contributed by atoms with Crippen molar-refractivity contribution < 1.29 is 19.4 Å². The van der Waals surface area contributed by atoms with Crippen LogP contribution in [-0.2, 0) is 9.53 Å². The van der Waals surface area contributed by atoms with Crippen molar-refractivity contribution in [2.24, 2.45) is 4.99 Å². The van der Waals surface area contributed by atoms with E-state index in [4.69, 9.17) is 14.5 Å². The number of hydrogen-bond donors (Lipinski definition) is 2. The van der Waals surface area contributed by atoms with Crippen molar-refractivity contribution >= 4 is 11.7 Å². The molecule has 1 unspecified atom stereocenters. The molecule has 2 aliphatic rings. The van der Waals surface area contributed by atoms with Gasteiger partial charge in [-0.2, -0.15) is 0 Å². The molecular weight excluding hydrogens is 430 g/mol. The van der Waals surface area contributed by atoms with Crippen molar-refractivity contribution in [1.29, 1.82) is 0 Å². The van der Waals surface area contributed by atoms with Crippen LogP contribution in [0, 0.1) is 0 Å². The molecule has 0 aromatic heterocycles. The van der Waals surface area contributed by atoms with E-state index in [2.05, 4.69) is 18.8 Å². The molecule has 1 fully saturated rings. The molecule has 1 saturated heterocycles. The fourth-order valence-electron chi connectivity index (χ4n) is 4.57. The molecule has 0 radical (unpaired) electrons. The van der Waals surface area contributed by atoms with E-state index in [-0.39, 0.29) is 6.10 Å². The summed E-state index contributed by atoms with van der Waals surface area (Å²) in [5, 5.41) is 13.3. The highest BCUT2D eigenvalue weighted by Crippen LogP contribution is 2.32. The Bertz CT molecular complexity index is 896. The van der Waals surface area contributed by atoms with E-state index >= 15 is 0 Å². The normalized spacial score (nSPS) is 20.2. The van der Waals surface area contributed by atoms with Gasteiger partial charge in [0.2, 0.25) is 0 Å². The largest absolute Gasteiger partial charge is 0.494 e. The van der Waals surface area contributed by atoms with Crippen LogP contribution in [0.2, 0.25) is 0 Å². The summed E-state index contributed by atoms with van der Waals surface area (Å²) < 4.78 is 11.8. The van der Waals surface area contributed by atoms with Crippen molar-refractivity contribution in [3.05, 3.63) is 53.9 Å². The zero-order valence-electron chi connectivity index (χ0n) is 20.6. The van der Waals surface area contributed by atoms with Gasteiger partial charge >= 0.3 is 5.97 Å². The van der Waals surface area contributed by atoms with E-state index in [9.17, 15) is 9.90 Å². The monoisotopic (exact) mass is 469 g/mol. The first-order chi connectivity index (χ1) is 16.5. The number of carboxylic acids is 1. The first-order valence-corrected chi connectivity index (χ1v) is 12.5. The first-order valence-electron chi connectivity index (χ1n) is 12.5. The van der Waals surface area contributed by atoms with Gasteiger partial charge in [-0.15, -0.1) is 0 Å². The van der Waals surface area contributed by atoms with E-state index in [1.165, 1.54) is 5.57 Å². The number of allylic oxidation sites excluding steroid dienone is 2. The predicted octanol–water partition coefficient (Wildman–Crippen LogP) is 4.71. The van der Waals surface area contributed by atoms with Gasteiger partial charge in [0, 0.05) is 37.5 Å². The average molecular weight is 470 g/mol. The second kappa shape index (κ2) is 13.3. The lowest BCUT2D eigenvalue weighted by molar-refractivity contribution is -0.143. The molecule has 2 heterocycles. The highest BCUT2D eigenvalue weighted by Gasteiger charge is 2.35. The second-order valence-electron chi connectivity index (χ2n) is 8.91. The van der Waals surface area contributed by atoms with Gasteiger partial charge in [0.15, 0.2) is 0 Å². The number of nitrogens with zero attached hydrogens (tertiary/aromatic N) is 2. The van der Waals surface area contributed by atoms with Gasteiger partial charge in [-0.25, -0.2) is 4.99 Å². The zero-order chi connectivity index (χ0) is 24.3. The van der Waals surface area contributed by atoms with E-state index < -0.39 is 12.0 Å². The molecule has 2 atom stereocenters. The Kier molecular flexibility index (Phi) is 10.2. The summed E-state index contributed by atoms with van der Waals surface area (Å²) >= 11 is 0. The van der Waals surface area contributed by atoms with Crippen LogP contribution in [0.1, 0.15) is 64.0 Å². The molecule has 34 heavy (non-hydrogen) atoms. The van der Waals surface area contributed by atoms with Crippen molar-refractivity contribution in [2.45, 2.75) is 64.5 Å². The highest BCUT2D eigenvalue weighted by atomic mass is 16.5. The lowest BCUT2D eigenvalue weighted by atomic mass is 10.0. The molecule has 0 bridgehead atoms. The number of carboxylic acid groups (broad SMARTS) is 1. The summed E-state index contributed by atoms with van der Waals surface area (Å²) in [5.74, 6) is 0.778. The van der Waals surface area contributed by atoms with E-state index in [0.717, 1.165) is 56.6 Å². The third kappa shape index (κ3) is 7.18. The first kappa shape index (κ1) is 26.0. The molecule has 1 aromatic carbocycles. The number of ether oxygens (including phenoxy) is 2. The van der Waals surface area contributed by atoms with Crippen molar-refractivity contribution in [2.75, 3.05) is 32.8 Å². The van der Waals surface area contributed by atoms with Crippen LogP contribution >= 0.6 is 0 Å². The van der Waals surface area contributed by atoms with Crippen LogP contribution in [0.4, 0.5) is 0 Å². The number of unbranched alkanes of at least 4 members (excludes halogenated alkanes) is 1. The topological polar surface area (TPSA) is 83.4 Å². The maximum atomic E-state index is 12.1. The maximum absolute atomic E-state index is 12.1. The SMILES string of the molecule is C=CC(CCCCO[C@@H]1CCN(C(C(=O)O)c2ccccc2OCC)C1)=NC1=C(C)CCCN1. The standard InChI is InChI=1S/C27H39N3O4/c1-4-21(29-26-20(3)11-10-16-28-26)12-8-9-18-34-22-15-17-30(19-22)25(27(31)32)23-13-6-7-14-24(23)33-5-2/h4,6-7,13-14,22,25,28H,1,5,8-12,15-19H2,2-3H3,(H,31,32)/t22-,25?/m1/s1. The molecular formula is C27H39N3O4. The Hall–Kier alpha value is -2.64. The van der Waals surface area contributed by atoms with Gasteiger partial charge in [0.05, 0.1) is 12.7 Å². The van der Waals surface area contributed by atoms with E-state index in [1.807, 2.05) is 42.2 Å². The quantitative estimate of drug-likeness (QED) is 0.321. The van der Waals surface area contributed by atoms with Gasteiger partial charge in [0.1, 0.15) is 17.6 Å². The molecule has 2 aliphatic heterocycles. The molecule has 0 aliphatic carbocycles. The smallest absolute Gasteiger partial charge is 0.325 e. The Morgan fingerprint density at radius 2 is 2.21 bits per heavy atom. The maximum Gasteiger partial charge on any atom is 0.325 e. The van der Waals surface area contributed by atoms with Gasteiger partial charge in [-0.3, -0.25) is 9.69 Å². The molecule has 186 valence electrons. The summed E-state index contributed by atoms with van der Waals surface area (Å²) in [5.41, 5.74) is 3.02. The minimum atomic E-state index is -0.859. The summed E-state index contributed by atoms with van der Waals surface area (Å²) in [4.78, 5) is 18.9. The number of benzene rings is 1. The molecule has 7 nitrogen and oxygen atoms in total. The van der Waals surface area contributed by atoms with Gasteiger partial charge in [-0.1, -0.05) is 24.8 Å². The van der Waals surface area contributed by atoms with Gasteiger partial charge in [0.25, 0.3) is 0 Å². The molecule has 1 aromatic rings. The minimum Gasteiger partial charge on any atom is -0.494 e. The van der Waals surface area contributed by atoms with Crippen LogP contribution < -0.4 is 10.1 Å². The number of hydrogen-bond acceptors (Lipinski definition) is 6. The van der Waals surface area contributed by atoms with E-state index in [0.29, 0.717) is 37.6 Å². The second-order valence-corrected chi connectivity index (χ2v) is 8.91. The zero-order valence-corrected chi connectivity index (χ0v) is 20.6. The molecule has 3 rings (SSSR count). The third-order valence-electron chi connectivity index (χ3n) is 6.39. The van der Waals surface area contributed by atoms with Crippen molar-refractivity contribution in [3.8, 4) is 5.75 Å². The number of likely N-dealkylation sites (tertiary alicyclic amines) is 1. The fourth-order valence-corrected chi connectivity index (χ4v) is 4.57. The lowest BCUT2D eigenvalue weighted by Gasteiger charge is -2.26. The Labute approximate surface area is 203 Å².